The smallest absolute Gasteiger partial charge is 0.338 e. The molecule has 0 spiro atoms. The molecular formula is C19H25N3O5S. The van der Waals surface area contributed by atoms with Gasteiger partial charge in [-0.15, -0.1) is 0 Å². The van der Waals surface area contributed by atoms with Gasteiger partial charge >= 0.3 is 12.0 Å². The van der Waals surface area contributed by atoms with Crippen LogP contribution in [0.15, 0.2) is 40.4 Å². The van der Waals surface area contributed by atoms with Crippen molar-refractivity contribution in [3.05, 3.63) is 41.1 Å². The maximum atomic E-state index is 13.3. The van der Waals surface area contributed by atoms with E-state index >= 15 is 0 Å². The predicted molar refractivity (Wildman–Crippen MR) is 103 cm³/mol. The Morgan fingerprint density at radius 1 is 1.21 bits per heavy atom. The fourth-order valence-electron chi connectivity index (χ4n) is 3.60. The van der Waals surface area contributed by atoms with Gasteiger partial charge in [-0.1, -0.05) is 24.6 Å². The first kappa shape index (κ1) is 20.3. The average molecular weight is 407 g/mol. The first-order valence-corrected chi connectivity index (χ1v) is 10.8. The number of hydrogen-bond acceptors (Lipinski definition) is 5. The zero-order chi connectivity index (χ0) is 20.3. The Morgan fingerprint density at radius 2 is 1.89 bits per heavy atom. The zero-order valence-corrected chi connectivity index (χ0v) is 16.8. The van der Waals surface area contributed by atoms with Crippen molar-refractivity contribution in [1.29, 1.82) is 0 Å². The Morgan fingerprint density at radius 3 is 2.57 bits per heavy atom. The van der Waals surface area contributed by atoms with Crippen LogP contribution in [0.5, 0.6) is 0 Å². The number of urea groups is 1. The summed E-state index contributed by atoms with van der Waals surface area (Å²) in [6.45, 7) is 4.39. The fourth-order valence-corrected chi connectivity index (χ4v) is 5.36. The number of sulfonamides is 1. The molecule has 2 heterocycles. The van der Waals surface area contributed by atoms with Crippen molar-refractivity contribution in [2.75, 3.05) is 19.7 Å². The number of nitrogens with zero attached hydrogens (tertiary/aromatic N) is 1. The summed E-state index contributed by atoms with van der Waals surface area (Å²) in [6.07, 6.45) is 2.64. The number of rotatable bonds is 5. The van der Waals surface area contributed by atoms with Crippen LogP contribution in [-0.2, 0) is 19.6 Å². The van der Waals surface area contributed by atoms with Crippen LogP contribution in [-0.4, -0.2) is 44.4 Å². The molecule has 1 atom stereocenters. The normalized spacial score (nSPS) is 21.1. The minimum Gasteiger partial charge on any atom is -0.463 e. The summed E-state index contributed by atoms with van der Waals surface area (Å²) < 4.78 is 33.2. The number of carbonyl (C=O) groups excluding carboxylic acids is 2. The van der Waals surface area contributed by atoms with Crippen molar-refractivity contribution in [1.82, 2.24) is 14.9 Å². The van der Waals surface area contributed by atoms with E-state index in [1.165, 1.54) is 10.4 Å². The van der Waals surface area contributed by atoms with Crippen LogP contribution in [0.3, 0.4) is 0 Å². The summed E-state index contributed by atoms with van der Waals surface area (Å²) in [7, 11) is -3.75. The summed E-state index contributed by atoms with van der Waals surface area (Å²) >= 11 is 0. The minimum absolute atomic E-state index is 0.0960. The van der Waals surface area contributed by atoms with Gasteiger partial charge in [0.2, 0.25) is 10.0 Å². The number of benzene rings is 1. The number of hydrogen-bond donors (Lipinski definition) is 2. The van der Waals surface area contributed by atoms with Gasteiger partial charge in [-0.2, -0.15) is 4.31 Å². The molecule has 3 rings (SSSR count). The van der Waals surface area contributed by atoms with Crippen molar-refractivity contribution >= 4 is 22.0 Å². The first-order chi connectivity index (χ1) is 13.4. The van der Waals surface area contributed by atoms with Crippen LogP contribution >= 0.6 is 0 Å². The van der Waals surface area contributed by atoms with Crippen LogP contribution in [0.1, 0.15) is 44.7 Å². The van der Waals surface area contributed by atoms with Crippen LogP contribution < -0.4 is 10.6 Å². The van der Waals surface area contributed by atoms with Crippen LogP contribution in [0, 0.1) is 0 Å². The van der Waals surface area contributed by atoms with E-state index in [0.717, 1.165) is 19.3 Å². The highest BCUT2D eigenvalue weighted by atomic mass is 32.2. The molecule has 0 aromatic heterocycles. The third-order valence-electron chi connectivity index (χ3n) is 4.93. The van der Waals surface area contributed by atoms with Gasteiger partial charge in [0.05, 0.1) is 23.1 Å². The van der Waals surface area contributed by atoms with Crippen molar-refractivity contribution < 1.29 is 22.7 Å². The number of ether oxygens (including phenoxy) is 1. The highest BCUT2D eigenvalue weighted by Gasteiger charge is 2.37. The highest BCUT2D eigenvalue weighted by Crippen LogP contribution is 2.33. The molecule has 1 fully saturated rings. The maximum absolute atomic E-state index is 13.3. The predicted octanol–water partition coefficient (Wildman–Crippen LogP) is 2.05. The van der Waals surface area contributed by atoms with E-state index in [4.69, 9.17) is 4.74 Å². The molecule has 0 aliphatic carbocycles. The first-order valence-electron chi connectivity index (χ1n) is 9.40. The van der Waals surface area contributed by atoms with Gasteiger partial charge in [-0.25, -0.2) is 18.0 Å². The number of carbonyl (C=O) groups is 2. The monoisotopic (exact) mass is 407 g/mol. The van der Waals surface area contributed by atoms with Gasteiger partial charge in [0.15, 0.2) is 0 Å². The molecular weight excluding hydrogens is 382 g/mol. The van der Waals surface area contributed by atoms with Crippen molar-refractivity contribution in [2.45, 2.75) is 44.0 Å². The summed E-state index contributed by atoms with van der Waals surface area (Å²) in [5.41, 5.74) is 0.894. The zero-order valence-electron chi connectivity index (χ0n) is 16.0. The summed E-state index contributed by atoms with van der Waals surface area (Å²) in [4.78, 5) is 24.7. The van der Waals surface area contributed by atoms with E-state index < -0.39 is 28.1 Å². The Labute approximate surface area is 165 Å². The molecule has 1 unspecified atom stereocenters. The SMILES string of the molecule is CCOC(=O)C1=C(C)NC(=O)NC1c1ccccc1S(=O)(=O)N1CCCCC1. The lowest BCUT2D eigenvalue weighted by atomic mass is 9.95. The Kier molecular flexibility index (Phi) is 6.04. The van der Waals surface area contributed by atoms with Crippen molar-refractivity contribution in [3.63, 3.8) is 0 Å². The topological polar surface area (TPSA) is 105 Å². The van der Waals surface area contributed by atoms with Gasteiger partial charge in [0.1, 0.15) is 0 Å². The molecule has 152 valence electrons. The maximum Gasteiger partial charge on any atom is 0.338 e. The molecule has 9 heteroatoms. The molecule has 0 saturated carbocycles. The second kappa shape index (κ2) is 8.32. The Balaban J connectivity index is 2.09. The molecule has 2 amide bonds. The van der Waals surface area contributed by atoms with Crippen molar-refractivity contribution in [2.24, 2.45) is 0 Å². The number of allylic oxidation sites excluding steroid dienone is 1. The van der Waals surface area contributed by atoms with Crippen LogP contribution in [0.4, 0.5) is 4.79 Å². The van der Waals surface area contributed by atoms with Gasteiger partial charge in [0.25, 0.3) is 0 Å². The molecule has 28 heavy (non-hydrogen) atoms. The number of esters is 1. The van der Waals surface area contributed by atoms with Gasteiger partial charge in [0, 0.05) is 18.8 Å². The molecule has 1 aromatic carbocycles. The van der Waals surface area contributed by atoms with Crippen molar-refractivity contribution in [3.8, 4) is 0 Å². The lowest BCUT2D eigenvalue weighted by Gasteiger charge is -2.31. The average Bonchev–Trinajstić information content (AvgIpc) is 2.68. The molecule has 2 aliphatic heterocycles. The molecule has 0 radical (unpaired) electrons. The Hall–Kier alpha value is -2.39. The van der Waals surface area contributed by atoms with Gasteiger partial charge < -0.3 is 15.4 Å². The third-order valence-corrected chi connectivity index (χ3v) is 6.90. The number of amides is 2. The highest BCUT2D eigenvalue weighted by molar-refractivity contribution is 7.89. The number of nitrogens with one attached hydrogen (secondary N) is 2. The van der Waals surface area contributed by atoms with E-state index in [9.17, 15) is 18.0 Å². The summed E-state index contributed by atoms with van der Waals surface area (Å²) in [5.74, 6) is -0.595. The number of piperidine rings is 1. The fraction of sp³-hybridized carbons (Fsp3) is 0.474. The van der Waals surface area contributed by atoms with Gasteiger partial charge in [-0.05, 0) is 38.3 Å². The molecule has 0 bridgehead atoms. The summed E-state index contributed by atoms with van der Waals surface area (Å²) in [6, 6.07) is 5.07. The second-order valence-electron chi connectivity index (χ2n) is 6.79. The quantitative estimate of drug-likeness (QED) is 0.727. The molecule has 1 aromatic rings. The van der Waals surface area contributed by atoms with E-state index in [0.29, 0.717) is 24.4 Å². The molecule has 1 saturated heterocycles. The van der Waals surface area contributed by atoms with E-state index in [1.807, 2.05) is 0 Å². The van der Waals surface area contributed by atoms with E-state index in [1.54, 1.807) is 32.0 Å². The molecule has 2 N–H and O–H groups in total. The third kappa shape index (κ3) is 3.90. The standard InChI is InChI=1S/C19H25N3O5S/c1-3-27-18(23)16-13(2)20-19(24)21-17(16)14-9-5-6-10-15(14)28(25,26)22-11-7-4-8-12-22/h5-6,9-10,17H,3-4,7-8,11-12H2,1-2H3,(H2,20,21,24). The lowest BCUT2D eigenvalue weighted by Crippen LogP contribution is -2.46. The van der Waals surface area contributed by atoms with E-state index in [-0.39, 0.29) is 17.1 Å². The second-order valence-corrected chi connectivity index (χ2v) is 8.70. The largest absolute Gasteiger partial charge is 0.463 e. The molecule has 8 nitrogen and oxygen atoms in total. The van der Waals surface area contributed by atoms with Gasteiger partial charge in [-0.3, -0.25) is 0 Å². The summed E-state index contributed by atoms with van der Waals surface area (Å²) in [5, 5.41) is 5.24. The lowest BCUT2D eigenvalue weighted by molar-refractivity contribution is -0.139. The van der Waals surface area contributed by atoms with Crippen LogP contribution in [0.2, 0.25) is 0 Å². The molecule has 2 aliphatic rings. The Bertz CT molecular complexity index is 904. The van der Waals surface area contributed by atoms with Crippen LogP contribution in [0.25, 0.3) is 0 Å². The minimum atomic E-state index is -3.75. The van der Waals surface area contributed by atoms with E-state index in [2.05, 4.69) is 10.6 Å².